The van der Waals surface area contributed by atoms with Gasteiger partial charge in [0.05, 0.1) is 5.69 Å². The van der Waals surface area contributed by atoms with Crippen LogP contribution in [0, 0.1) is 5.92 Å². The third-order valence-electron chi connectivity index (χ3n) is 4.06. The van der Waals surface area contributed by atoms with Crippen molar-refractivity contribution in [3.8, 4) is 11.3 Å². The molecular weight excluding hydrogens is 280 g/mol. The predicted molar refractivity (Wildman–Crippen MR) is 87.8 cm³/mol. The van der Waals surface area contributed by atoms with E-state index in [9.17, 15) is 0 Å². The van der Waals surface area contributed by atoms with Crippen LogP contribution in [-0.4, -0.2) is 22.8 Å². The Bertz CT molecular complexity index is 574. The molecule has 2 aromatic rings. The molecule has 0 amide bonds. The molecule has 2 aromatic heterocycles. The highest BCUT2D eigenvalue weighted by Crippen LogP contribution is 2.29. The van der Waals surface area contributed by atoms with Crippen molar-refractivity contribution in [1.82, 2.24) is 9.55 Å². The van der Waals surface area contributed by atoms with E-state index < -0.39 is 0 Å². The highest BCUT2D eigenvalue weighted by molar-refractivity contribution is 7.08. The second kappa shape index (κ2) is 5.93. The zero-order valence-corrected chi connectivity index (χ0v) is 13.9. The van der Waals surface area contributed by atoms with Gasteiger partial charge in [0.15, 0.2) is 0 Å². The minimum absolute atomic E-state index is 0.0689. The number of hydrogen-bond acceptors (Lipinski definition) is 3. The van der Waals surface area contributed by atoms with Crippen LogP contribution in [0.5, 0.6) is 0 Å². The summed E-state index contributed by atoms with van der Waals surface area (Å²) in [6.07, 6.45) is 4.56. The van der Waals surface area contributed by atoms with E-state index in [2.05, 4.69) is 48.4 Å². The van der Waals surface area contributed by atoms with Gasteiger partial charge in [-0.25, -0.2) is 4.98 Å². The normalized spacial score (nSPS) is 17.3. The fourth-order valence-electron chi connectivity index (χ4n) is 2.91. The molecule has 0 unspecified atom stereocenters. The lowest BCUT2D eigenvalue weighted by Crippen LogP contribution is -2.24. The van der Waals surface area contributed by atoms with Crippen LogP contribution in [0.3, 0.4) is 0 Å². The molecule has 114 valence electrons. The molecule has 0 bridgehead atoms. The zero-order valence-electron chi connectivity index (χ0n) is 13.1. The first-order valence-electron chi connectivity index (χ1n) is 7.72. The molecule has 3 heterocycles. The maximum Gasteiger partial charge on any atom is 0.114 e. The number of rotatable bonds is 3. The summed E-state index contributed by atoms with van der Waals surface area (Å²) in [6.45, 7) is 9.60. The number of nitrogens with zero attached hydrogens (tertiary/aromatic N) is 2. The SMILES string of the molecule is CC(C)(C)c1nc(-c2ccsc2)cn1CC1CCOCC1. The quantitative estimate of drug-likeness (QED) is 0.843. The number of ether oxygens (including phenoxy) is 1. The fourth-order valence-corrected chi connectivity index (χ4v) is 3.56. The van der Waals surface area contributed by atoms with E-state index in [0.717, 1.165) is 38.3 Å². The molecule has 3 nitrogen and oxygen atoms in total. The lowest BCUT2D eigenvalue weighted by molar-refractivity contribution is 0.0608. The minimum Gasteiger partial charge on any atom is -0.381 e. The molecule has 0 saturated carbocycles. The molecule has 3 rings (SSSR count). The van der Waals surface area contributed by atoms with Crippen molar-refractivity contribution in [2.45, 2.75) is 45.6 Å². The highest BCUT2D eigenvalue weighted by Gasteiger charge is 2.24. The maximum absolute atomic E-state index is 5.48. The van der Waals surface area contributed by atoms with Crippen LogP contribution in [0.2, 0.25) is 0 Å². The van der Waals surface area contributed by atoms with Crippen molar-refractivity contribution in [3.05, 3.63) is 28.8 Å². The Morgan fingerprint density at radius 3 is 2.71 bits per heavy atom. The number of hydrogen-bond donors (Lipinski definition) is 0. The number of imidazole rings is 1. The molecule has 1 aliphatic rings. The van der Waals surface area contributed by atoms with E-state index >= 15 is 0 Å². The van der Waals surface area contributed by atoms with Crippen LogP contribution in [0.25, 0.3) is 11.3 Å². The van der Waals surface area contributed by atoms with Gasteiger partial charge >= 0.3 is 0 Å². The number of thiophene rings is 1. The summed E-state index contributed by atoms with van der Waals surface area (Å²) in [5.74, 6) is 1.90. The van der Waals surface area contributed by atoms with Crippen molar-refractivity contribution in [2.24, 2.45) is 5.92 Å². The van der Waals surface area contributed by atoms with Gasteiger partial charge in [0.1, 0.15) is 5.82 Å². The van der Waals surface area contributed by atoms with Crippen LogP contribution in [0.15, 0.2) is 23.0 Å². The van der Waals surface area contributed by atoms with Crippen molar-refractivity contribution in [3.63, 3.8) is 0 Å². The standard InChI is InChI=1S/C17H24N2OS/c1-17(2,3)16-18-15(14-6-9-21-12-14)11-19(16)10-13-4-7-20-8-5-13/h6,9,11-13H,4-5,7-8,10H2,1-3H3. The maximum atomic E-state index is 5.48. The summed E-state index contributed by atoms with van der Waals surface area (Å²) >= 11 is 1.73. The topological polar surface area (TPSA) is 27.1 Å². The average molecular weight is 304 g/mol. The van der Waals surface area contributed by atoms with Crippen LogP contribution in [0.4, 0.5) is 0 Å². The first-order chi connectivity index (χ1) is 10.0. The first-order valence-corrected chi connectivity index (χ1v) is 8.66. The average Bonchev–Trinajstić information content (AvgIpc) is 3.07. The van der Waals surface area contributed by atoms with Crippen LogP contribution >= 0.6 is 11.3 Å². The van der Waals surface area contributed by atoms with Gasteiger partial charge in [0.25, 0.3) is 0 Å². The second-order valence-electron chi connectivity index (χ2n) is 6.92. The highest BCUT2D eigenvalue weighted by atomic mass is 32.1. The van der Waals surface area contributed by atoms with E-state index in [-0.39, 0.29) is 5.41 Å². The summed E-state index contributed by atoms with van der Waals surface area (Å²) in [6, 6.07) is 2.15. The molecule has 0 atom stereocenters. The van der Waals surface area contributed by atoms with E-state index in [0.29, 0.717) is 5.92 Å². The van der Waals surface area contributed by atoms with Gasteiger partial charge in [-0.05, 0) is 30.2 Å². The molecule has 1 fully saturated rings. The van der Waals surface area contributed by atoms with E-state index in [1.54, 1.807) is 11.3 Å². The molecule has 0 N–H and O–H groups in total. The van der Waals surface area contributed by atoms with Gasteiger partial charge in [0.2, 0.25) is 0 Å². The van der Waals surface area contributed by atoms with E-state index in [1.165, 1.54) is 11.4 Å². The van der Waals surface area contributed by atoms with Crippen molar-refractivity contribution in [2.75, 3.05) is 13.2 Å². The van der Waals surface area contributed by atoms with E-state index in [1.807, 2.05) is 0 Å². The number of aromatic nitrogens is 2. The fraction of sp³-hybridized carbons (Fsp3) is 0.588. The van der Waals surface area contributed by atoms with Gasteiger partial charge in [-0.15, -0.1) is 0 Å². The molecule has 1 aliphatic heterocycles. The molecule has 0 radical (unpaired) electrons. The third-order valence-corrected chi connectivity index (χ3v) is 4.74. The Balaban J connectivity index is 1.89. The molecule has 0 aliphatic carbocycles. The summed E-state index contributed by atoms with van der Waals surface area (Å²) in [5, 5.41) is 4.29. The molecular formula is C17H24N2OS. The monoisotopic (exact) mass is 304 g/mol. The van der Waals surface area contributed by atoms with Gasteiger partial charge < -0.3 is 9.30 Å². The summed E-state index contributed by atoms with van der Waals surface area (Å²) in [7, 11) is 0. The van der Waals surface area contributed by atoms with Gasteiger partial charge in [0, 0.05) is 42.3 Å². The second-order valence-corrected chi connectivity index (χ2v) is 7.70. The van der Waals surface area contributed by atoms with Crippen molar-refractivity contribution in [1.29, 1.82) is 0 Å². The largest absolute Gasteiger partial charge is 0.381 e. The molecule has 0 aromatic carbocycles. The summed E-state index contributed by atoms with van der Waals surface area (Å²) < 4.78 is 7.85. The Morgan fingerprint density at radius 2 is 2.10 bits per heavy atom. The first kappa shape index (κ1) is 14.8. The van der Waals surface area contributed by atoms with Crippen LogP contribution in [-0.2, 0) is 16.7 Å². The molecule has 4 heteroatoms. The van der Waals surface area contributed by atoms with Crippen molar-refractivity contribution < 1.29 is 4.74 Å². The van der Waals surface area contributed by atoms with E-state index in [4.69, 9.17) is 9.72 Å². The Morgan fingerprint density at radius 1 is 1.33 bits per heavy atom. The smallest absolute Gasteiger partial charge is 0.114 e. The van der Waals surface area contributed by atoms with Gasteiger partial charge in [-0.2, -0.15) is 11.3 Å². The van der Waals surface area contributed by atoms with Crippen LogP contribution in [0.1, 0.15) is 39.4 Å². The summed E-state index contributed by atoms with van der Waals surface area (Å²) in [5.41, 5.74) is 2.41. The Hall–Kier alpha value is -1.13. The zero-order chi connectivity index (χ0) is 14.9. The molecule has 0 spiro atoms. The third kappa shape index (κ3) is 3.38. The Kier molecular flexibility index (Phi) is 4.18. The summed E-state index contributed by atoms with van der Waals surface area (Å²) in [4.78, 5) is 4.93. The molecule has 21 heavy (non-hydrogen) atoms. The predicted octanol–water partition coefficient (Wildman–Crippen LogP) is 4.34. The minimum atomic E-state index is 0.0689. The lowest BCUT2D eigenvalue weighted by Gasteiger charge is -2.25. The Labute approximate surface area is 131 Å². The van der Waals surface area contributed by atoms with Gasteiger partial charge in [-0.3, -0.25) is 0 Å². The van der Waals surface area contributed by atoms with Gasteiger partial charge in [-0.1, -0.05) is 20.8 Å². The van der Waals surface area contributed by atoms with Crippen molar-refractivity contribution >= 4 is 11.3 Å². The lowest BCUT2D eigenvalue weighted by atomic mass is 9.94. The molecule has 1 saturated heterocycles. The van der Waals surface area contributed by atoms with Crippen LogP contribution < -0.4 is 0 Å².